The summed E-state index contributed by atoms with van der Waals surface area (Å²) in [6.07, 6.45) is 1.85. The molecule has 1 aliphatic rings. The molecule has 7 heteroatoms. The van der Waals surface area contributed by atoms with E-state index in [1.54, 1.807) is 0 Å². The number of carbonyl (C=O) groups is 2. The molecule has 0 aliphatic carbocycles. The van der Waals surface area contributed by atoms with Gasteiger partial charge in [0.15, 0.2) is 0 Å². The lowest BCUT2D eigenvalue weighted by molar-refractivity contribution is -0.133. The van der Waals surface area contributed by atoms with Gasteiger partial charge in [-0.3, -0.25) is 0 Å². The average Bonchev–Trinajstić information content (AvgIpc) is 2.48. The van der Waals surface area contributed by atoms with Crippen molar-refractivity contribution in [1.82, 2.24) is 0 Å². The van der Waals surface area contributed by atoms with E-state index in [4.69, 9.17) is 25.2 Å². The Kier molecular flexibility index (Phi) is 13.3. The van der Waals surface area contributed by atoms with Crippen molar-refractivity contribution >= 4 is 11.9 Å². The molecular formula is C15H26O7. The minimum Gasteiger partial charge on any atom is -0.478 e. The second-order valence-corrected chi connectivity index (χ2v) is 4.85. The summed E-state index contributed by atoms with van der Waals surface area (Å²) in [6.45, 7) is 10.1. The zero-order valence-electron chi connectivity index (χ0n) is 13.1. The number of ether oxygens (including phenoxy) is 1. The molecule has 1 heterocycles. The summed E-state index contributed by atoms with van der Waals surface area (Å²) in [5, 5.41) is 33.3. The number of aliphatic carboxylic acids is 2. The van der Waals surface area contributed by atoms with Gasteiger partial charge in [-0.05, 0) is 26.7 Å². The van der Waals surface area contributed by atoms with Crippen molar-refractivity contribution in [2.24, 2.45) is 5.92 Å². The van der Waals surface area contributed by atoms with E-state index in [0.717, 1.165) is 19.4 Å². The standard InChI is InChI=1S/C7H14O3.2C4H6O2/c8-4-6-2-1-3-10-7(6)5-9;2*1-3(2)4(5)6/h6-9H,1-5H2;2*1H2,2H3,(H,5,6). The lowest BCUT2D eigenvalue weighted by Gasteiger charge is -2.28. The van der Waals surface area contributed by atoms with Crippen LogP contribution < -0.4 is 0 Å². The molecule has 4 N–H and O–H groups in total. The largest absolute Gasteiger partial charge is 0.478 e. The van der Waals surface area contributed by atoms with Gasteiger partial charge in [0.05, 0.1) is 12.7 Å². The Morgan fingerprint density at radius 3 is 1.68 bits per heavy atom. The molecule has 128 valence electrons. The van der Waals surface area contributed by atoms with Crippen LogP contribution in [0, 0.1) is 5.92 Å². The Balaban J connectivity index is 0. The summed E-state index contributed by atoms with van der Waals surface area (Å²) >= 11 is 0. The van der Waals surface area contributed by atoms with Gasteiger partial charge < -0.3 is 25.2 Å². The van der Waals surface area contributed by atoms with E-state index in [1.165, 1.54) is 13.8 Å². The molecule has 0 aromatic rings. The molecule has 0 aromatic carbocycles. The monoisotopic (exact) mass is 318 g/mol. The first-order chi connectivity index (χ1) is 10.2. The predicted octanol–water partition coefficient (Wildman–Crippen LogP) is 1.06. The molecule has 1 rings (SSSR count). The van der Waals surface area contributed by atoms with Crippen LogP contribution in [-0.4, -0.2) is 58.3 Å². The highest BCUT2D eigenvalue weighted by Crippen LogP contribution is 2.19. The topological polar surface area (TPSA) is 124 Å². The van der Waals surface area contributed by atoms with E-state index in [2.05, 4.69) is 13.2 Å². The third-order valence-corrected chi connectivity index (χ3v) is 2.72. The van der Waals surface area contributed by atoms with E-state index in [0.29, 0.717) is 0 Å². The van der Waals surface area contributed by atoms with E-state index < -0.39 is 11.9 Å². The van der Waals surface area contributed by atoms with E-state index >= 15 is 0 Å². The summed E-state index contributed by atoms with van der Waals surface area (Å²) in [7, 11) is 0. The molecule has 1 saturated heterocycles. The molecule has 0 saturated carbocycles. The van der Waals surface area contributed by atoms with Crippen LogP contribution in [-0.2, 0) is 14.3 Å². The maximum atomic E-state index is 9.60. The quantitative estimate of drug-likeness (QED) is 0.571. The van der Waals surface area contributed by atoms with Crippen LogP contribution in [0.2, 0.25) is 0 Å². The van der Waals surface area contributed by atoms with Crippen molar-refractivity contribution in [2.45, 2.75) is 32.8 Å². The van der Waals surface area contributed by atoms with Gasteiger partial charge in [-0.1, -0.05) is 13.2 Å². The van der Waals surface area contributed by atoms with Crippen LogP contribution >= 0.6 is 0 Å². The van der Waals surface area contributed by atoms with Gasteiger partial charge in [0.1, 0.15) is 0 Å². The fourth-order valence-electron chi connectivity index (χ4n) is 1.31. The third kappa shape index (κ3) is 12.1. The molecule has 1 fully saturated rings. The van der Waals surface area contributed by atoms with Crippen LogP contribution in [0.15, 0.2) is 24.3 Å². The van der Waals surface area contributed by atoms with Crippen molar-refractivity contribution in [3.63, 3.8) is 0 Å². The van der Waals surface area contributed by atoms with Crippen LogP contribution in [0.25, 0.3) is 0 Å². The lowest BCUT2D eigenvalue weighted by atomic mass is 9.96. The van der Waals surface area contributed by atoms with Gasteiger partial charge >= 0.3 is 11.9 Å². The molecule has 2 atom stereocenters. The van der Waals surface area contributed by atoms with Crippen LogP contribution in [0.5, 0.6) is 0 Å². The lowest BCUT2D eigenvalue weighted by Crippen LogP contribution is -2.34. The smallest absolute Gasteiger partial charge is 0.330 e. The Morgan fingerprint density at radius 2 is 1.45 bits per heavy atom. The summed E-state index contributed by atoms with van der Waals surface area (Å²) in [6, 6.07) is 0. The minimum atomic E-state index is -0.935. The molecule has 0 aromatic heterocycles. The Bertz CT molecular complexity index is 316. The maximum absolute atomic E-state index is 9.60. The number of aliphatic hydroxyl groups is 2. The molecule has 0 amide bonds. The number of hydrogen-bond acceptors (Lipinski definition) is 5. The summed E-state index contributed by atoms with van der Waals surface area (Å²) in [4.78, 5) is 19.2. The van der Waals surface area contributed by atoms with Crippen LogP contribution in [0.4, 0.5) is 0 Å². The van der Waals surface area contributed by atoms with Gasteiger partial charge in [-0.15, -0.1) is 0 Å². The first-order valence-electron chi connectivity index (χ1n) is 6.78. The number of rotatable bonds is 4. The van der Waals surface area contributed by atoms with Crippen molar-refractivity contribution in [3.8, 4) is 0 Å². The fraction of sp³-hybridized carbons (Fsp3) is 0.600. The highest BCUT2D eigenvalue weighted by Gasteiger charge is 2.23. The van der Waals surface area contributed by atoms with Crippen LogP contribution in [0.1, 0.15) is 26.7 Å². The van der Waals surface area contributed by atoms with Crippen molar-refractivity contribution in [3.05, 3.63) is 24.3 Å². The Labute approximate surface area is 130 Å². The van der Waals surface area contributed by atoms with Crippen LogP contribution in [0.3, 0.4) is 0 Å². The molecule has 22 heavy (non-hydrogen) atoms. The SMILES string of the molecule is C=C(C)C(=O)O.C=C(C)C(=O)O.OCC1CCCOC1CO. The number of aliphatic hydroxyl groups excluding tert-OH is 2. The first-order valence-corrected chi connectivity index (χ1v) is 6.78. The molecule has 0 bridgehead atoms. The maximum Gasteiger partial charge on any atom is 0.330 e. The highest BCUT2D eigenvalue weighted by molar-refractivity contribution is 5.85. The fourth-order valence-corrected chi connectivity index (χ4v) is 1.31. The van der Waals surface area contributed by atoms with Crippen molar-refractivity contribution < 1.29 is 34.8 Å². The minimum absolute atomic E-state index is 0.0330. The highest BCUT2D eigenvalue weighted by atomic mass is 16.5. The van der Waals surface area contributed by atoms with Gasteiger partial charge in [0, 0.05) is 30.3 Å². The van der Waals surface area contributed by atoms with Gasteiger partial charge in [0.2, 0.25) is 0 Å². The van der Waals surface area contributed by atoms with E-state index in [9.17, 15) is 9.59 Å². The Hall–Kier alpha value is -1.70. The average molecular weight is 318 g/mol. The van der Waals surface area contributed by atoms with Gasteiger partial charge in [-0.25, -0.2) is 9.59 Å². The summed E-state index contributed by atoms with van der Waals surface area (Å²) in [5.74, 6) is -1.72. The zero-order valence-corrected chi connectivity index (χ0v) is 13.1. The second kappa shape index (κ2) is 13.0. The number of carboxylic acids is 2. The van der Waals surface area contributed by atoms with Gasteiger partial charge in [0.25, 0.3) is 0 Å². The summed E-state index contributed by atoms with van der Waals surface area (Å²) < 4.78 is 5.22. The van der Waals surface area contributed by atoms with Gasteiger partial charge in [-0.2, -0.15) is 0 Å². The molecule has 7 nitrogen and oxygen atoms in total. The van der Waals surface area contributed by atoms with E-state index in [-0.39, 0.29) is 36.4 Å². The third-order valence-electron chi connectivity index (χ3n) is 2.72. The number of carboxylic acid groups (broad SMARTS) is 2. The first kappa shape index (κ1) is 22.6. The van der Waals surface area contributed by atoms with Crippen molar-refractivity contribution in [1.29, 1.82) is 0 Å². The van der Waals surface area contributed by atoms with E-state index in [1.807, 2.05) is 0 Å². The molecule has 0 spiro atoms. The number of hydrogen-bond donors (Lipinski definition) is 4. The molecular weight excluding hydrogens is 292 g/mol. The van der Waals surface area contributed by atoms with Crippen molar-refractivity contribution in [2.75, 3.05) is 19.8 Å². The zero-order chi connectivity index (χ0) is 17.7. The summed E-state index contributed by atoms with van der Waals surface area (Å²) in [5.41, 5.74) is 0.352. The second-order valence-electron chi connectivity index (χ2n) is 4.85. The molecule has 0 radical (unpaired) electrons. The predicted molar refractivity (Wildman–Crippen MR) is 81.5 cm³/mol. The molecule has 2 unspecified atom stereocenters. The Morgan fingerprint density at radius 1 is 1.05 bits per heavy atom. The molecule has 1 aliphatic heterocycles. The normalized spacial score (nSPS) is 19.6.